The van der Waals surface area contributed by atoms with Gasteiger partial charge in [0, 0.05) is 30.4 Å². The number of aromatic nitrogens is 4. The van der Waals surface area contributed by atoms with E-state index in [-0.39, 0.29) is 17.9 Å². The van der Waals surface area contributed by atoms with Gasteiger partial charge in [0.25, 0.3) is 5.56 Å². The molecular weight excluding hydrogens is 282 g/mol. The van der Waals surface area contributed by atoms with Gasteiger partial charge < -0.3 is 10.3 Å². The molecule has 0 fully saturated rings. The van der Waals surface area contributed by atoms with Crippen molar-refractivity contribution >= 4 is 5.91 Å². The average molecular weight is 301 g/mol. The van der Waals surface area contributed by atoms with E-state index in [9.17, 15) is 9.59 Å². The second-order valence-corrected chi connectivity index (χ2v) is 5.52. The summed E-state index contributed by atoms with van der Waals surface area (Å²) < 4.78 is 0. The third-order valence-electron chi connectivity index (χ3n) is 3.98. The molecule has 2 aromatic rings. The number of amides is 1. The van der Waals surface area contributed by atoms with E-state index in [0.717, 1.165) is 42.5 Å². The van der Waals surface area contributed by atoms with Crippen molar-refractivity contribution in [2.75, 3.05) is 6.54 Å². The van der Waals surface area contributed by atoms with Crippen molar-refractivity contribution in [3.63, 3.8) is 0 Å². The molecule has 0 saturated carbocycles. The molecule has 0 radical (unpaired) electrons. The van der Waals surface area contributed by atoms with Gasteiger partial charge in [-0.1, -0.05) is 0 Å². The van der Waals surface area contributed by atoms with Gasteiger partial charge in [-0.15, -0.1) is 0 Å². The minimum absolute atomic E-state index is 0.0770. The van der Waals surface area contributed by atoms with Crippen LogP contribution in [0.5, 0.6) is 0 Å². The van der Waals surface area contributed by atoms with E-state index >= 15 is 0 Å². The lowest BCUT2D eigenvalue weighted by molar-refractivity contribution is -0.120. The van der Waals surface area contributed by atoms with Crippen LogP contribution in [0.2, 0.25) is 0 Å². The van der Waals surface area contributed by atoms with Crippen LogP contribution in [0, 0.1) is 0 Å². The number of aromatic amines is 2. The van der Waals surface area contributed by atoms with Crippen molar-refractivity contribution in [3.05, 3.63) is 45.4 Å². The molecule has 22 heavy (non-hydrogen) atoms. The molecule has 1 aliphatic rings. The molecule has 1 aliphatic carbocycles. The Morgan fingerprint density at radius 1 is 1.27 bits per heavy atom. The molecule has 1 amide bonds. The minimum Gasteiger partial charge on any atom is -0.355 e. The van der Waals surface area contributed by atoms with Crippen LogP contribution in [0.15, 0.2) is 17.3 Å². The van der Waals surface area contributed by atoms with E-state index in [2.05, 4.69) is 25.5 Å². The molecule has 0 bridgehead atoms. The molecule has 2 aromatic heterocycles. The fraction of sp³-hybridized carbons (Fsp3) is 0.467. The first kappa shape index (κ1) is 14.5. The molecular formula is C15H19N5O2. The smallest absolute Gasteiger partial charge is 0.267 e. The van der Waals surface area contributed by atoms with Crippen molar-refractivity contribution in [1.82, 2.24) is 25.5 Å². The highest BCUT2D eigenvalue weighted by Crippen LogP contribution is 2.20. The standard InChI is InChI=1S/C15H19N5O2/c21-14(17-6-5-10-8-16-9-18-10)7-13-11-3-1-2-4-12(11)15(22)20-19-13/h8-9H,1-7H2,(H,16,18)(H,17,21)(H,20,22). The van der Waals surface area contributed by atoms with Gasteiger partial charge in [-0.25, -0.2) is 10.1 Å². The van der Waals surface area contributed by atoms with Gasteiger partial charge >= 0.3 is 0 Å². The van der Waals surface area contributed by atoms with Gasteiger partial charge in [-0.2, -0.15) is 5.10 Å². The summed E-state index contributed by atoms with van der Waals surface area (Å²) in [7, 11) is 0. The molecule has 2 heterocycles. The Kier molecular flexibility index (Phi) is 4.32. The summed E-state index contributed by atoms with van der Waals surface area (Å²) in [4.78, 5) is 30.7. The van der Waals surface area contributed by atoms with Crippen LogP contribution in [0.4, 0.5) is 0 Å². The van der Waals surface area contributed by atoms with Crippen LogP contribution >= 0.6 is 0 Å². The Hall–Kier alpha value is -2.44. The zero-order valence-corrected chi connectivity index (χ0v) is 12.3. The maximum atomic E-state index is 12.0. The number of hydrogen-bond acceptors (Lipinski definition) is 4. The zero-order valence-electron chi connectivity index (χ0n) is 12.3. The van der Waals surface area contributed by atoms with E-state index in [1.54, 1.807) is 12.5 Å². The van der Waals surface area contributed by atoms with Gasteiger partial charge in [0.15, 0.2) is 0 Å². The zero-order chi connectivity index (χ0) is 15.4. The predicted octanol–water partition coefficient (Wildman–Crippen LogP) is 0.273. The summed E-state index contributed by atoms with van der Waals surface area (Å²) in [6, 6.07) is 0. The topological polar surface area (TPSA) is 104 Å². The van der Waals surface area contributed by atoms with Gasteiger partial charge in [0.1, 0.15) is 0 Å². The van der Waals surface area contributed by atoms with Crippen molar-refractivity contribution in [2.45, 2.75) is 38.5 Å². The van der Waals surface area contributed by atoms with E-state index in [4.69, 9.17) is 0 Å². The molecule has 0 saturated heterocycles. The van der Waals surface area contributed by atoms with E-state index in [1.807, 2.05) is 0 Å². The maximum Gasteiger partial charge on any atom is 0.267 e. The Bertz CT molecular complexity index is 705. The van der Waals surface area contributed by atoms with Crippen molar-refractivity contribution in [1.29, 1.82) is 0 Å². The number of carbonyl (C=O) groups excluding carboxylic acids is 1. The summed E-state index contributed by atoms with van der Waals surface area (Å²) in [6.07, 6.45) is 7.97. The lowest BCUT2D eigenvalue weighted by Gasteiger charge is -2.17. The molecule has 0 unspecified atom stereocenters. The molecule has 7 nitrogen and oxygen atoms in total. The van der Waals surface area contributed by atoms with Crippen molar-refractivity contribution in [2.24, 2.45) is 0 Å². The van der Waals surface area contributed by atoms with Crippen LogP contribution in [-0.2, 0) is 30.5 Å². The second kappa shape index (κ2) is 6.55. The maximum absolute atomic E-state index is 12.0. The van der Waals surface area contributed by atoms with Crippen LogP contribution < -0.4 is 10.9 Å². The first-order valence-electron chi connectivity index (χ1n) is 7.57. The van der Waals surface area contributed by atoms with E-state index in [1.165, 1.54) is 0 Å². The first-order valence-corrected chi connectivity index (χ1v) is 7.57. The van der Waals surface area contributed by atoms with Crippen LogP contribution in [-0.4, -0.2) is 32.6 Å². The van der Waals surface area contributed by atoms with Crippen LogP contribution in [0.25, 0.3) is 0 Å². The van der Waals surface area contributed by atoms with Gasteiger partial charge in [0.2, 0.25) is 5.91 Å². The number of imidazole rings is 1. The largest absolute Gasteiger partial charge is 0.355 e. The molecule has 0 aromatic carbocycles. The molecule has 7 heteroatoms. The van der Waals surface area contributed by atoms with E-state index in [0.29, 0.717) is 18.7 Å². The quantitative estimate of drug-likeness (QED) is 0.737. The number of rotatable bonds is 5. The Morgan fingerprint density at radius 3 is 2.86 bits per heavy atom. The van der Waals surface area contributed by atoms with Crippen molar-refractivity contribution < 1.29 is 4.79 Å². The van der Waals surface area contributed by atoms with Gasteiger partial charge in [-0.05, 0) is 31.2 Å². The Morgan fingerprint density at radius 2 is 2.09 bits per heavy atom. The molecule has 116 valence electrons. The normalized spacial score (nSPS) is 13.6. The van der Waals surface area contributed by atoms with Gasteiger partial charge in [-0.3, -0.25) is 9.59 Å². The average Bonchev–Trinajstić information content (AvgIpc) is 3.04. The number of nitrogens with one attached hydrogen (secondary N) is 3. The third-order valence-corrected chi connectivity index (χ3v) is 3.98. The molecule has 0 aliphatic heterocycles. The predicted molar refractivity (Wildman–Crippen MR) is 80.5 cm³/mol. The lowest BCUT2D eigenvalue weighted by atomic mass is 9.91. The minimum atomic E-state index is -0.113. The highest BCUT2D eigenvalue weighted by atomic mass is 16.1. The lowest BCUT2D eigenvalue weighted by Crippen LogP contribution is -2.30. The fourth-order valence-electron chi connectivity index (χ4n) is 2.85. The highest BCUT2D eigenvalue weighted by Gasteiger charge is 2.19. The highest BCUT2D eigenvalue weighted by molar-refractivity contribution is 5.78. The monoisotopic (exact) mass is 301 g/mol. The number of H-pyrrole nitrogens is 2. The molecule has 0 spiro atoms. The fourth-order valence-corrected chi connectivity index (χ4v) is 2.85. The van der Waals surface area contributed by atoms with E-state index < -0.39 is 0 Å². The molecule has 3 rings (SSSR count). The first-order chi connectivity index (χ1) is 10.7. The number of carbonyl (C=O) groups is 1. The number of fused-ring (bicyclic) bond motifs is 1. The molecule has 3 N–H and O–H groups in total. The summed E-state index contributed by atoms with van der Waals surface area (Å²) >= 11 is 0. The van der Waals surface area contributed by atoms with Crippen LogP contribution in [0.1, 0.15) is 35.4 Å². The summed E-state index contributed by atoms with van der Waals surface area (Å²) in [5.41, 5.74) is 3.35. The number of hydrogen-bond donors (Lipinski definition) is 3. The Balaban J connectivity index is 1.60. The summed E-state index contributed by atoms with van der Waals surface area (Å²) in [5.74, 6) is -0.0770. The van der Waals surface area contributed by atoms with Gasteiger partial charge in [0.05, 0.1) is 18.4 Å². The summed E-state index contributed by atoms with van der Waals surface area (Å²) in [5, 5.41) is 9.46. The molecule has 0 atom stereocenters. The third kappa shape index (κ3) is 3.24. The summed E-state index contributed by atoms with van der Waals surface area (Å²) in [6.45, 7) is 0.548. The van der Waals surface area contributed by atoms with Crippen LogP contribution in [0.3, 0.4) is 0 Å². The second-order valence-electron chi connectivity index (χ2n) is 5.52. The van der Waals surface area contributed by atoms with Crippen molar-refractivity contribution in [3.8, 4) is 0 Å². The SMILES string of the molecule is O=C(Cc1n[nH]c(=O)c2c1CCCC2)NCCc1cnc[nH]1. The Labute approximate surface area is 127 Å². The number of nitrogens with zero attached hydrogens (tertiary/aromatic N) is 2.